The number of nitrogens with zero attached hydrogens (tertiary/aromatic N) is 7. The van der Waals surface area contributed by atoms with E-state index in [1.54, 1.807) is 37.5 Å². The normalized spacial score (nSPS) is 20.2. The number of anilines is 3. The molecule has 8 rings (SSSR count). The van der Waals surface area contributed by atoms with E-state index in [1.165, 1.54) is 17.4 Å². The van der Waals surface area contributed by atoms with Gasteiger partial charge in [-0.1, -0.05) is 19.1 Å². The number of likely N-dealkylation sites (tertiary alicyclic amines) is 2. The monoisotopic (exact) mass is 872 g/mol. The van der Waals surface area contributed by atoms with Crippen LogP contribution in [-0.2, 0) is 24.4 Å². The minimum atomic E-state index is -3.71. The molecule has 4 saturated heterocycles. The first-order valence-electron chi connectivity index (χ1n) is 21.4. The molecule has 4 aromatic rings. The van der Waals surface area contributed by atoms with Gasteiger partial charge in [-0.05, 0) is 100 Å². The molecule has 0 bridgehead atoms. The van der Waals surface area contributed by atoms with Crippen LogP contribution in [0.4, 0.5) is 21.8 Å². The fourth-order valence-electron chi connectivity index (χ4n) is 9.13. The molecule has 1 atom stereocenters. The quantitative estimate of drug-likeness (QED) is 0.154. The third kappa shape index (κ3) is 9.86. The maximum Gasteiger partial charge on any atom is 0.234 e. The first-order chi connectivity index (χ1) is 29.4. The fraction of sp³-hybridized carbons (Fsp3) is 0.512. The first-order valence-corrected chi connectivity index (χ1v) is 23.9. The summed E-state index contributed by atoms with van der Waals surface area (Å²) < 4.78 is 43.5. The highest BCUT2D eigenvalue weighted by Crippen LogP contribution is 2.43. The van der Waals surface area contributed by atoms with Gasteiger partial charge in [0.25, 0.3) is 0 Å². The number of hydrogen-bond donors (Lipinski definition) is 3. The number of nitrogen functional groups attached to an aromatic ring is 1. The predicted molar refractivity (Wildman–Crippen MR) is 233 cm³/mol. The molecule has 4 aliphatic heterocycles. The second kappa shape index (κ2) is 18.5. The number of piperidine rings is 4. The molecular formula is C43H53FN10O5S2. The van der Waals surface area contributed by atoms with Crippen molar-refractivity contribution in [3.05, 3.63) is 65.2 Å². The summed E-state index contributed by atoms with van der Waals surface area (Å²) >= 11 is 1.47. The van der Waals surface area contributed by atoms with Gasteiger partial charge in [0.05, 0.1) is 38.6 Å². The number of aromatic nitrogens is 4. The van der Waals surface area contributed by atoms with Crippen molar-refractivity contribution in [1.82, 2.24) is 35.1 Å². The Kier molecular flexibility index (Phi) is 12.9. The Labute approximate surface area is 359 Å². The van der Waals surface area contributed by atoms with Crippen LogP contribution in [0, 0.1) is 17.7 Å². The first kappa shape index (κ1) is 42.6. The fourth-order valence-corrected chi connectivity index (χ4v) is 11.5. The lowest BCUT2D eigenvalue weighted by atomic mass is 9.90. The Morgan fingerprint density at radius 1 is 0.951 bits per heavy atom. The molecule has 7 heterocycles. The number of benzene rings is 1. The molecular weight excluding hydrogens is 820 g/mol. The molecule has 4 N–H and O–H groups in total. The summed E-state index contributed by atoms with van der Waals surface area (Å²) in [5, 5.41) is 3.30. The second-order valence-electron chi connectivity index (χ2n) is 16.7. The number of amides is 3. The van der Waals surface area contributed by atoms with Gasteiger partial charge in [0.2, 0.25) is 33.7 Å². The zero-order chi connectivity index (χ0) is 42.7. The Morgan fingerprint density at radius 2 is 1.72 bits per heavy atom. The van der Waals surface area contributed by atoms with Gasteiger partial charge in [-0.15, -0.1) is 11.3 Å². The van der Waals surface area contributed by atoms with Crippen LogP contribution in [0.2, 0.25) is 0 Å². The largest absolute Gasteiger partial charge is 0.368 e. The zero-order valence-corrected chi connectivity index (χ0v) is 36.0. The van der Waals surface area contributed by atoms with E-state index in [-0.39, 0.29) is 58.4 Å². The third-order valence-electron chi connectivity index (χ3n) is 12.5. The molecule has 4 fully saturated rings. The van der Waals surface area contributed by atoms with Crippen LogP contribution in [0.15, 0.2) is 48.8 Å². The minimum Gasteiger partial charge on any atom is -0.368 e. The SMILES string of the molecule is CCCS(=O)(=O)Nc1cccc(-c2nc(C3CCN(CC4CCN(C(=O)C5CCN(c6ccc([C@H]7CCC(=O)NC7=O)cn6)CC5)CC4)CC3)sc2-c2ccnc(N)n2)c1F. The van der Waals surface area contributed by atoms with Gasteiger partial charge in [0.15, 0.2) is 5.82 Å². The van der Waals surface area contributed by atoms with Crippen LogP contribution in [0.5, 0.6) is 0 Å². The molecule has 61 heavy (non-hydrogen) atoms. The summed E-state index contributed by atoms with van der Waals surface area (Å²) in [5.74, 6) is 0.227. The Balaban J connectivity index is 0.826. The number of sulfonamides is 1. The summed E-state index contributed by atoms with van der Waals surface area (Å²) in [4.78, 5) is 63.0. The molecule has 3 aromatic heterocycles. The van der Waals surface area contributed by atoms with Gasteiger partial charge in [0, 0.05) is 68.9 Å². The lowest BCUT2D eigenvalue weighted by molar-refractivity contribution is -0.138. The number of pyridine rings is 1. The highest BCUT2D eigenvalue weighted by atomic mass is 32.2. The average molecular weight is 873 g/mol. The molecule has 4 aliphatic rings. The Morgan fingerprint density at radius 3 is 2.41 bits per heavy atom. The lowest BCUT2D eigenvalue weighted by Crippen LogP contribution is -2.47. The van der Waals surface area contributed by atoms with Crippen LogP contribution >= 0.6 is 11.3 Å². The summed E-state index contributed by atoms with van der Waals surface area (Å²) in [5.41, 5.74) is 7.76. The average Bonchev–Trinajstić information content (AvgIpc) is 3.70. The van der Waals surface area contributed by atoms with Crippen LogP contribution in [-0.4, -0.2) is 107 Å². The topological polar surface area (TPSA) is 197 Å². The molecule has 324 valence electrons. The smallest absolute Gasteiger partial charge is 0.234 e. The van der Waals surface area contributed by atoms with E-state index < -0.39 is 15.8 Å². The van der Waals surface area contributed by atoms with Crippen molar-refractivity contribution < 1.29 is 27.2 Å². The third-order valence-corrected chi connectivity index (χ3v) is 15.2. The van der Waals surface area contributed by atoms with E-state index in [0.29, 0.717) is 41.4 Å². The summed E-state index contributed by atoms with van der Waals surface area (Å²) in [6.07, 6.45) is 9.84. The summed E-state index contributed by atoms with van der Waals surface area (Å²) in [6.45, 7) is 7.61. The van der Waals surface area contributed by atoms with E-state index in [1.807, 2.05) is 12.1 Å². The van der Waals surface area contributed by atoms with Crippen LogP contribution in [0.1, 0.15) is 87.1 Å². The molecule has 0 aliphatic carbocycles. The molecule has 15 nitrogen and oxygen atoms in total. The molecule has 18 heteroatoms. The minimum absolute atomic E-state index is 0.00667. The number of hydrogen-bond acceptors (Lipinski definition) is 13. The van der Waals surface area contributed by atoms with Crippen molar-refractivity contribution in [3.63, 3.8) is 0 Å². The van der Waals surface area contributed by atoms with Gasteiger partial charge >= 0.3 is 0 Å². The van der Waals surface area contributed by atoms with Crippen molar-refractivity contribution in [3.8, 4) is 21.8 Å². The lowest BCUT2D eigenvalue weighted by Gasteiger charge is -2.39. The zero-order valence-electron chi connectivity index (χ0n) is 34.4. The van der Waals surface area contributed by atoms with E-state index in [2.05, 4.69) is 39.7 Å². The molecule has 0 saturated carbocycles. The maximum atomic E-state index is 16.1. The number of thiazole rings is 1. The van der Waals surface area contributed by atoms with Gasteiger partial charge in [-0.2, -0.15) is 0 Å². The number of carbonyl (C=O) groups is 3. The van der Waals surface area contributed by atoms with Crippen molar-refractivity contribution >= 4 is 56.5 Å². The highest BCUT2D eigenvalue weighted by molar-refractivity contribution is 7.92. The maximum absolute atomic E-state index is 16.1. The predicted octanol–water partition coefficient (Wildman–Crippen LogP) is 5.39. The number of nitrogens with two attached hydrogens (primary N) is 1. The van der Waals surface area contributed by atoms with E-state index >= 15 is 4.39 Å². The number of nitrogens with one attached hydrogen (secondary N) is 2. The van der Waals surface area contributed by atoms with E-state index in [0.717, 1.165) is 101 Å². The van der Waals surface area contributed by atoms with Gasteiger partial charge in [-0.25, -0.2) is 32.7 Å². The number of halogens is 1. The molecule has 0 radical (unpaired) electrons. The standard InChI is InChI=1S/C43H53FN10O5S2/c1-2-24-61(58,59)51-33-5-3-4-32(37(33)44)38-39(34-10-17-46-43(45)48-34)60-41(50-38)28-13-18-52(19-14-28)26-27-11-20-54(21-12-27)42(57)29-15-22-53(23-16-29)35-8-6-30(25-47-35)31-7-9-36(55)49-40(31)56/h3-6,8,10,17,25,27-29,31,51H,2,7,9,11-16,18-24,26H2,1H3,(H2,45,46,48)(H,49,55,56)/t31-/m1/s1. The Bertz CT molecular complexity index is 2340. The number of imide groups is 1. The number of carbonyl (C=O) groups excluding carboxylic acids is 3. The molecule has 0 unspecified atom stereocenters. The van der Waals surface area contributed by atoms with Crippen LogP contribution < -0.4 is 20.7 Å². The number of rotatable bonds is 12. The van der Waals surface area contributed by atoms with Gasteiger partial charge < -0.3 is 20.4 Å². The summed E-state index contributed by atoms with van der Waals surface area (Å²) in [7, 11) is -3.71. The molecule has 0 spiro atoms. The van der Waals surface area contributed by atoms with E-state index in [4.69, 9.17) is 10.7 Å². The summed E-state index contributed by atoms with van der Waals surface area (Å²) in [6, 6.07) is 10.2. The van der Waals surface area contributed by atoms with Crippen molar-refractivity contribution in [2.45, 2.75) is 76.5 Å². The van der Waals surface area contributed by atoms with Crippen molar-refractivity contribution in [1.29, 1.82) is 0 Å². The highest BCUT2D eigenvalue weighted by Gasteiger charge is 2.34. The van der Waals surface area contributed by atoms with Crippen molar-refractivity contribution in [2.24, 2.45) is 11.8 Å². The second-order valence-corrected chi connectivity index (χ2v) is 19.5. The molecule has 3 amide bonds. The van der Waals surface area contributed by atoms with E-state index in [9.17, 15) is 22.8 Å². The van der Waals surface area contributed by atoms with Crippen LogP contribution in [0.25, 0.3) is 21.8 Å². The molecule has 1 aromatic carbocycles. The van der Waals surface area contributed by atoms with Gasteiger partial charge in [-0.3, -0.25) is 24.4 Å². The van der Waals surface area contributed by atoms with Crippen molar-refractivity contribution in [2.75, 3.05) is 66.9 Å². The Hall–Kier alpha value is -5.07. The van der Waals surface area contributed by atoms with Crippen LogP contribution in [0.3, 0.4) is 0 Å². The van der Waals surface area contributed by atoms with Gasteiger partial charge in [0.1, 0.15) is 5.82 Å².